The number of aromatic nitrogens is 2. The summed E-state index contributed by atoms with van der Waals surface area (Å²) in [4.78, 5) is 38.5. The first-order chi connectivity index (χ1) is 18.4. The lowest BCUT2D eigenvalue weighted by Gasteiger charge is -2.31. The standard InChI is InChI=1S/C28H29F3N4O3S.2ClH/c1-14-9-20(28(29,30)31)33-23(18(14)10-15-12-34(4)7-8-38-15)17-5-6-32-19-11-16(39-24(17)19)13-35-25(36)21-22(26(35)37)27(21,2)3;;/h5-6,9,11,15,21-22H,7-8,10,12-13H2,1-4H3;2*1H. The maximum Gasteiger partial charge on any atom is 0.433 e. The number of alkyl halides is 3. The minimum Gasteiger partial charge on any atom is -0.375 e. The maximum atomic E-state index is 13.8. The monoisotopic (exact) mass is 630 g/mol. The second-order valence-corrected chi connectivity index (χ2v) is 12.6. The number of amides is 2. The van der Waals surface area contributed by atoms with Crippen LogP contribution in [0.25, 0.3) is 21.5 Å². The van der Waals surface area contributed by atoms with Gasteiger partial charge in [-0.2, -0.15) is 13.2 Å². The van der Waals surface area contributed by atoms with E-state index in [4.69, 9.17) is 4.74 Å². The number of likely N-dealkylation sites (N-methyl/N-ethyl adjacent to an activating group) is 1. The van der Waals surface area contributed by atoms with Crippen molar-refractivity contribution < 1.29 is 27.5 Å². The molecule has 6 rings (SSSR count). The van der Waals surface area contributed by atoms with E-state index in [1.54, 1.807) is 25.3 Å². The summed E-state index contributed by atoms with van der Waals surface area (Å²) in [5, 5.41) is 0. The topological polar surface area (TPSA) is 75.6 Å². The zero-order valence-electron chi connectivity index (χ0n) is 22.9. The molecule has 2 aliphatic heterocycles. The summed E-state index contributed by atoms with van der Waals surface area (Å²) < 4.78 is 48.1. The average Bonchev–Trinajstić information content (AvgIpc) is 3.09. The Morgan fingerprint density at radius 1 is 1.15 bits per heavy atom. The summed E-state index contributed by atoms with van der Waals surface area (Å²) >= 11 is 1.33. The van der Waals surface area contributed by atoms with Gasteiger partial charge in [-0.15, -0.1) is 36.2 Å². The van der Waals surface area contributed by atoms with Crippen molar-refractivity contribution in [3.8, 4) is 11.3 Å². The molecule has 5 heterocycles. The molecule has 0 bridgehead atoms. The van der Waals surface area contributed by atoms with Gasteiger partial charge in [-0.05, 0) is 48.7 Å². The molecule has 13 heteroatoms. The Bertz CT molecular complexity index is 1490. The smallest absolute Gasteiger partial charge is 0.375 e. The van der Waals surface area contributed by atoms with Crippen LogP contribution in [-0.2, 0) is 33.5 Å². The van der Waals surface area contributed by atoms with Crippen LogP contribution in [0.3, 0.4) is 0 Å². The lowest BCUT2D eigenvalue weighted by Crippen LogP contribution is -2.41. The van der Waals surface area contributed by atoms with Gasteiger partial charge in [-0.25, -0.2) is 4.98 Å². The molecule has 1 saturated carbocycles. The van der Waals surface area contributed by atoms with Crippen molar-refractivity contribution in [2.24, 2.45) is 17.3 Å². The van der Waals surface area contributed by atoms with Crippen LogP contribution in [0.15, 0.2) is 24.4 Å². The molecule has 1 aliphatic carbocycles. The molecule has 0 radical (unpaired) electrons. The molecule has 0 N–H and O–H groups in total. The molecular formula is C28H31Cl2F3N4O3S. The number of hydrogen-bond acceptors (Lipinski definition) is 7. The third kappa shape index (κ3) is 5.47. The number of aryl methyl sites for hydroxylation is 1. The Morgan fingerprint density at radius 3 is 2.46 bits per heavy atom. The van der Waals surface area contributed by atoms with Crippen molar-refractivity contribution in [3.63, 3.8) is 0 Å². The summed E-state index contributed by atoms with van der Waals surface area (Å²) in [6.07, 6.45) is -2.78. The van der Waals surface area contributed by atoms with E-state index in [9.17, 15) is 22.8 Å². The highest BCUT2D eigenvalue weighted by molar-refractivity contribution is 7.19. The fourth-order valence-corrected chi connectivity index (χ4v) is 7.23. The molecule has 3 aromatic rings. The predicted octanol–water partition coefficient (Wildman–Crippen LogP) is 5.54. The van der Waals surface area contributed by atoms with Crippen LogP contribution < -0.4 is 0 Å². The van der Waals surface area contributed by atoms with Crippen molar-refractivity contribution >= 4 is 58.2 Å². The Labute approximate surface area is 252 Å². The highest BCUT2D eigenvalue weighted by Gasteiger charge is 2.72. The summed E-state index contributed by atoms with van der Waals surface area (Å²) in [7, 11) is 1.99. The quantitative estimate of drug-likeness (QED) is 0.345. The van der Waals surface area contributed by atoms with Gasteiger partial charge in [0.25, 0.3) is 0 Å². The number of hydrogen-bond donors (Lipinski definition) is 0. The molecule has 3 aliphatic rings. The molecule has 3 aromatic heterocycles. The molecule has 41 heavy (non-hydrogen) atoms. The molecule has 3 fully saturated rings. The Kier molecular flexibility index (Phi) is 8.54. The molecule has 2 saturated heterocycles. The Morgan fingerprint density at radius 2 is 1.83 bits per heavy atom. The number of piperidine rings is 1. The lowest BCUT2D eigenvalue weighted by molar-refractivity contribution is -0.144. The molecular weight excluding hydrogens is 600 g/mol. The third-order valence-electron chi connectivity index (χ3n) is 8.33. The Balaban J connectivity index is 0.00000194. The number of carbonyl (C=O) groups excluding carboxylic acids is 2. The van der Waals surface area contributed by atoms with Crippen LogP contribution in [0.2, 0.25) is 0 Å². The minimum absolute atomic E-state index is 0. The number of carbonyl (C=O) groups is 2. The zero-order chi connectivity index (χ0) is 27.9. The number of ether oxygens (including phenoxy) is 1. The molecule has 3 atom stereocenters. The number of likely N-dealkylation sites (tertiary alicyclic amines) is 1. The number of nitrogens with zero attached hydrogens (tertiary/aromatic N) is 4. The average molecular weight is 632 g/mol. The SMILES string of the molecule is Cc1cc(C(F)(F)F)nc(-c2ccnc3cc(CN4C(=O)C5C(C4=O)C5(C)C)sc23)c1CC1CN(C)CCO1.Cl.Cl. The number of pyridine rings is 2. The van der Waals surface area contributed by atoms with Crippen molar-refractivity contribution in [1.82, 2.24) is 19.8 Å². The van der Waals surface area contributed by atoms with Gasteiger partial charge in [0.15, 0.2) is 0 Å². The van der Waals surface area contributed by atoms with Crippen molar-refractivity contribution in [3.05, 3.63) is 46.1 Å². The molecule has 7 nitrogen and oxygen atoms in total. The summed E-state index contributed by atoms with van der Waals surface area (Å²) in [6, 6.07) is 4.59. The van der Waals surface area contributed by atoms with E-state index in [0.717, 1.165) is 17.5 Å². The number of fused-ring (bicyclic) bond motifs is 2. The van der Waals surface area contributed by atoms with E-state index in [1.165, 1.54) is 16.2 Å². The van der Waals surface area contributed by atoms with E-state index < -0.39 is 11.9 Å². The molecule has 222 valence electrons. The minimum atomic E-state index is -4.60. The van der Waals surface area contributed by atoms with Crippen molar-refractivity contribution in [2.45, 2.75) is 46.0 Å². The summed E-state index contributed by atoms with van der Waals surface area (Å²) in [5.74, 6) is -0.853. The van der Waals surface area contributed by atoms with E-state index in [-0.39, 0.29) is 72.2 Å². The van der Waals surface area contributed by atoms with Crippen LogP contribution in [0.4, 0.5) is 13.2 Å². The molecule has 0 aromatic carbocycles. The Hall–Kier alpha value is -2.31. The van der Waals surface area contributed by atoms with Gasteiger partial charge in [0.2, 0.25) is 11.8 Å². The van der Waals surface area contributed by atoms with Crippen LogP contribution in [0.1, 0.15) is 35.5 Å². The second kappa shape index (κ2) is 11.1. The first-order valence-corrected chi connectivity index (χ1v) is 13.8. The normalized spacial score (nSPS) is 23.8. The largest absolute Gasteiger partial charge is 0.433 e. The highest BCUT2D eigenvalue weighted by atomic mass is 35.5. The van der Waals surface area contributed by atoms with Crippen molar-refractivity contribution in [1.29, 1.82) is 0 Å². The van der Waals surface area contributed by atoms with E-state index in [2.05, 4.69) is 14.9 Å². The predicted molar refractivity (Wildman–Crippen MR) is 154 cm³/mol. The van der Waals surface area contributed by atoms with Gasteiger partial charge >= 0.3 is 6.18 Å². The second-order valence-electron chi connectivity index (χ2n) is 11.4. The van der Waals surface area contributed by atoms with Gasteiger partial charge in [0.05, 0.1) is 47.0 Å². The first kappa shape index (κ1) is 31.6. The number of halogens is 5. The van der Waals surface area contributed by atoms with E-state index in [1.807, 2.05) is 20.9 Å². The van der Waals surface area contributed by atoms with Gasteiger partial charge in [-0.3, -0.25) is 19.5 Å². The van der Waals surface area contributed by atoms with Crippen LogP contribution >= 0.6 is 36.2 Å². The zero-order valence-corrected chi connectivity index (χ0v) is 25.4. The third-order valence-corrected chi connectivity index (χ3v) is 9.48. The summed E-state index contributed by atoms with van der Waals surface area (Å²) in [6.45, 7) is 7.71. The van der Waals surface area contributed by atoms with Gasteiger partial charge in [0, 0.05) is 36.1 Å². The molecule has 2 amide bonds. The van der Waals surface area contributed by atoms with Crippen LogP contribution in [-0.4, -0.2) is 64.4 Å². The number of thiophene rings is 1. The van der Waals surface area contributed by atoms with Gasteiger partial charge in [-0.1, -0.05) is 13.8 Å². The van der Waals surface area contributed by atoms with Crippen LogP contribution in [0.5, 0.6) is 0 Å². The highest BCUT2D eigenvalue weighted by Crippen LogP contribution is 2.63. The number of rotatable bonds is 5. The van der Waals surface area contributed by atoms with Gasteiger partial charge < -0.3 is 9.64 Å². The molecule has 0 spiro atoms. The molecule has 3 unspecified atom stereocenters. The fourth-order valence-electron chi connectivity index (χ4n) is 6.11. The lowest BCUT2D eigenvalue weighted by atomic mass is 9.95. The van der Waals surface area contributed by atoms with Gasteiger partial charge in [0.1, 0.15) is 5.69 Å². The summed E-state index contributed by atoms with van der Waals surface area (Å²) in [5.41, 5.74) is 1.37. The first-order valence-electron chi connectivity index (χ1n) is 13.0. The maximum absolute atomic E-state index is 13.8. The van der Waals surface area contributed by atoms with E-state index >= 15 is 0 Å². The van der Waals surface area contributed by atoms with E-state index in [0.29, 0.717) is 46.5 Å². The fraction of sp³-hybridized carbons (Fsp3) is 0.500. The number of imide groups is 1. The van der Waals surface area contributed by atoms with Crippen molar-refractivity contribution in [2.75, 3.05) is 26.7 Å². The van der Waals surface area contributed by atoms with Crippen LogP contribution in [0, 0.1) is 24.2 Å². The number of morpholine rings is 1.